The molecule has 35 heavy (non-hydrogen) atoms. The van der Waals surface area contributed by atoms with E-state index in [1.807, 2.05) is 30.0 Å². The molecule has 1 aliphatic heterocycles. The standard InChI is InChI=1S/C27H32N4O4/c1-17-15-31(18(2)14-30(17)16-19-9-7-6-8-10-19)26(33)21-11-20-22(25(32)27(34)29(3)4)13-28-23(20)12-24(21)35-5/h6-13,17-18,28H,14-16H2,1-5H3/t17-,18+/m1/s1. The normalized spacial score (nSPS) is 18.5. The average molecular weight is 477 g/mol. The summed E-state index contributed by atoms with van der Waals surface area (Å²) < 4.78 is 5.55. The highest BCUT2D eigenvalue weighted by Gasteiger charge is 2.34. The van der Waals surface area contributed by atoms with Crippen LogP contribution in [-0.2, 0) is 11.3 Å². The molecule has 1 fully saturated rings. The van der Waals surface area contributed by atoms with Crippen molar-refractivity contribution in [2.45, 2.75) is 32.5 Å². The molecule has 2 amide bonds. The van der Waals surface area contributed by atoms with Gasteiger partial charge in [0.05, 0.1) is 18.2 Å². The first-order valence-electron chi connectivity index (χ1n) is 11.7. The van der Waals surface area contributed by atoms with Crippen LogP contribution < -0.4 is 4.74 Å². The molecular formula is C27H32N4O4. The second-order valence-electron chi connectivity index (χ2n) is 9.40. The second-order valence-corrected chi connectivity index (χ2v) is 9.40. The van der Waals surface area contributed by atoms with Crippen molar-refractivity contribution in [3.8, 4) is 5.75 Å². The molecular weight excluding hydrogens is 444 g/mol. The molecule has 0 saturated carbocycles. The van der Waals surface area contributed by atoms with Gasteiger partial charge in [0.1, 0.15) is 5.75 Å². The van der Waals surface area contributed by atoms with Gasteiger partial charge in [0.15, 0.2) is 0 Å². The van der Waals surface area contributed by atoms with E-state index < -0.39 is 11.7 Å². The van der Waals surface area contributed by atoms with Crippen molar-refractivity contribution < 1.29 is 19.1 Å². The third-order valence-electron chi connectivity index (χ3n) is 6.68. The summed E-state index contributed by atoms with van der Waals surface area (Å²) in [6, 6.07) is 13.9. The molecule has 3 aromatic rings. The summed E-state index contributed by atoms with van der Waals surface area (Å²) in [5.74, 6) is -0.970. The highest BCUT2D eigenvalue weighted by molar-refractivity contribution is 6.44. The average Bonchev–Trinajstić information content (AvgIpc) is 3.27. The molecule has 184 valence electrons. The van der Waals surface area contributed by atoms with Gasteiger partial charge < -0.3 is 19.5 Å². The summed E-state index contributed by atoms with van der Waals surface area (Å²) in [6.07, 6.45) is 1.51. The van der Waals surface area contributed by atoms with Crippen LogP contribution in [0.4, 0.5) is 0 Å². The Morgan fingerprint density at radius 1 is 1.03 bits per heavy atom. The smallest absolute Gasteiger partial charge is 0.294 e. The number of benzene rings is 2. The topological polar surface area (TPSA) is 85.9 Å². The number of amides is 2. The quantitative estimate of drug-likeness (QED) is 0.436. The Labute approximate surface area is 205 Å². The summed E-state index contributed by atoms with van der Waals surface area (Å²) in [5.41, 5.74) is 2.49. The monoisotopic (exact) mass is 476 g/mol. The van der Waals surface area contributed by atoms with E-state index in [1.54, 1.807) is 12.1 Å². The van der Waals surface area contributed by atoms with Crippen LogP contribution in [0.5, 0.6) is 5.75 Å². The molecule has 1 aliphatic rings. The van der Waals surface area contributed by atoms with E-state index in [1.165, 1.54) is 37.9 Å². The minimum Gasteiger partial charge on any atom is -0.496 e. The van der Waals surface area contributed by atoms with E-state index in [2.05, 4.69) is 28.9 Å². The van der Waals surface area contributed by atoms with Gasteiger partial charge in [-0.3, -0.25) is 19.3 Å². The van der Waals surface area contributed by atoms with Crippen LogP contribution in [0.1, 0.15) is 40.1 Å². The number of Topliss-reactive ketones (excluding diaryl/α,β-unsaturated/α-hetero) is 1. The van der Waals surface area contributed by atoms with Gasteiger partial charge in [-0.15, -0.1) is 0 Å². The van der Waals surface area contributed by atoms with E-state index in [-0.39, 0.29) is 23.6 Å². The van der Waals surface area contributed by atoms with Crippen molar-refractivity contribution >= 4 is 28.5 Å². The van der Waals surface area contributed by atoms with Crippen molar-refractivity contribution in [1.82, 2.24) is 19.7 Å². The van der Waals surface area contributed by atoms with Crippen LogP contribution in [0.25, 0.3) is 10.9 Å². The van der Waals surface area contributed by atoms with Gasteiger partial charge in [0, 0.05) is 69.0 Å². The Balaban J connectivity index is 1.62. The lowest BCUT2D eigenvalue weighted by molar-refractivity contribution is -0.124. The predicted molar refractivity (Wildman–Crippen MR) is 135 cm³/mol. The van der Waals surface area contributed by atoms with E-state index in [9.17, 15) is 14.4 Å². The zero-order valence-corrected chi connectivity index (χ0v) is 20.9. The number of aromatic nitrogens is 1. The molecule has 0 unspecified atom stereocenters. The molecule has 2 heterocycles. The fourth-order valence-electron chi connectivity index (χ4n) is 4.67. The minimum atomic E-state index is -0.624. The molecule has 2 aromatic carbocycles. The third kappa shape index (κ3) is 4.79. The Morgan fingerprint density at radius 2 is 1.74 bits per heavy atom. The summed E-state index contributed by atoms with van der Waals surface area (Å²) in [5, 5.41) is 0.526. The highest BCUT2D eigenvalue weighted by atomic mass is 16.5. The highest BCUT2D eigenvalue weighted by Crippen LogP contribution is 2.31. The Bertz CT molecular complexity index is 1250. The van der Waals surface area contributed by atoms with Gasteiger partial charge in [-0.2, -0.15) is 0 Å². The van der Waals surface area contributed by atoms with Gasteiger partial charge in [-0.1, -0.05) is 30.3 Å². The molecule has 1 aromatic heterocycles. The maximum atomic E-state index is 13.7. The van der Waals surface area contributed by atoms with E-state index in [4.69, 9.17) is 4.74 Å². The van der Waals surface area contributed by atoms with Gasteiger partial charge in [0.2, 0.25) is 0 Å². The van der Waals surface area contributed by atoms with Crippen LogP contribution in [0.15, 0.2) is 48.7 Å². The van der Waals surface area contributed by atoms with Crippen molar-refractivity contribution in [3.63, 3.8) is 0 Å². The van der Waals surface area contributed by atoms with Crippen molar-refractivity contribution in [2.24, 2.45) is 0 Å². The number of aromatic amines is 1. The summed E-state index contributed by atoms with van der Waals surface area (Å²) in [6.45, 7) is 6.33. The molecule has 0 bridgehead atoms. The molecule has 0 spiro atoms. The molecule has 8 nitrogen and oxygen atoms in total. The van der Waals surface area contributed by atoms with Crippen LogP contribution >= 0.6 is 0 Å². The van der Waals surface area contributed by atoms with E-state index in [0.29, 0.717) is 28.8 Å². The van der Waals surface area contributed by atoms with Gasteiger partial charge >= 0.3 is 0 Å². The lowest BCUT2D eigenvalue weighted by Gasteiger charge is -2.44. The number of carbonyl (C=O) groups is 3. The number of methoxy groups -OCH3 is 1. The van der Waals surface area contributed by atoms with Crippen LogP contribution in [0.2, 0.25) is 0 Å². The fraction of sp³-hybridized carbons (Fsp3) is 0.370. The number of likely N-dealkylation sites (N-methyl/N-ethyl adjacent to an activating group) is 1. The molecule has 0 aliphatic carbocycles. The van der Waals surface area contributed by atoms with E-state index in [0.717, 1.165) is 13.1 Å². The molecule has 0 radical (unpaired) electrons. The summed E-state index contributed by atoms with van der Waals surface area (Å²) in [7, 11) is 4.59. The maximum absolute atomic E-state index is 13.7. The van der Waals surface area contributed by atoms with E-state index >= 15 is 0 Å². The minimum absolute atomic E-state index is 0.00883. The molecule has 1 N–H and O–H groups in total. The third-order valence-corrected chi connectivity index (χ3v) is 6.68. The number of nitrogens with one attached hydrogen (secondary N) is 1. The number of fused-ring (bicyclic) bond motifs is 1. The predicted octanol–water partition coefficient (Wildman–Crippen LogP) is 3.18. The SMILES string of the molecule is COc1cc2[nH]cc(C(=O)C(=O)N(C)C)c2cc1C(=O)N1C[C@@H](C)N(Cc2ccccc2)C[C@@H]1C. The van der Waals surface area contributed by atoms with Crippen molar-refractivity contribution in [2.75, 3.05) is 34.3 Å². The Morgan fingerprint density at radius 3 is 2.40 bits per heavy atom. The number of nitrogens with zero attached hydrogens (tertiary/aromatic N) is 3. The first-order chi connectivity index (χ1) is 16.7. The number of ether oxygens (including phenoxy) is 1. The first-order valence-corrected chi connectivity index (χ1v) is 11.7. The molecule has 4 rings (SSSR count). The van der Waals surface area contributed by atoms with Crippen LogP contribution in [-0.4, -0.2) is 83.7 Å². The number of hydrogen-bond donors (Lipinski definition) is 1. The number of ketones is 1. The zero-order chi connectivity index (χ0) is 25.3. The first kappa shape index (κ1) is 24.5. The van der Waals surface area contributed by atoms with Crippen molar-refractivity contribution in [1.29, 1.82) is 0 Å². The largest absolute Gasteiger partial charge is 0.496 e. The Kier molecular flexibility index (Phi) is 6.93. The molecule has 1 saturated heterocycles. The summed E-state index contributed by atoms with van der Waals surface area (Å²) >= 11 is 0. The molecule has 2 atom stereocenters. The van der Waals surface area contributed by atoms with Gasteiger partial charge in [-0.05, 0) is 25.5 Å². The number of hydrogen-bond acceptors (Lipinski definition) is 5. The van der Waals surface area contributed by atoms with Crippen LogP contribution in [0, 0.1) is 0 Å². The second kappa shape index (κ2) is 9.92. The fourth-order valence-corrected chi connectivity index (χ4v) is 4.67. The molecule has 8 heteroatoms. The Hall–Kier alpha value is -3.65. The maximum Gasteiger partial charge on any atom is 0.294 e. The number of piperazine rings is 1. The number of H-pyrrole nitrogens is 1. The number of rotatable bonds is 6. The van der Waals surface area contributed by atoms with Gasteiger partial charge in [0.25, 0.3) is 17.6 Å². The van der Waals surface area contributed by atoms with Crippen molar-refractivity contribution in [3.05, 3.63) is 65.4 Å². The van der Waals surface area contributed by atoms with Gasteiger partial charge in [-0.25, -0.2) is 0 Å². The summed E-state index contributed by atoms with van der Waals surface area (Å²) in [4.78, 5) is 47.3. The lowest BCUT2D eigenvalue weighted by Crippen LogP contribution is -2.57. The number of carbonyl (C=O) groups excluding carboxylic acids is 3. The zero-order valence-electron chi connectivity index (χ0n) is 20.9. The lowest BCUT2D eigenvalue weighted by atomic mass is 10.0. The van der Waals surface area contributed by atoms with Crippen LogP contribution in [0.3, 0.4) is 0 Å².